The van der Waals surface area contributed by atoms with Gasteiger partial charge in [-0.05, 0) is 101 Å². The average Bonchev–Trinajstić information content (AvgIpc) is 3.83. The van der Waals surface area contributed by atoms with Crippen molar-refractivity contribution in [2.45, 2.75) is 201 Å². The van der Waals surface area contributed by atoms with Gasteiger partial charge in [0.1, 0.15) is 6.61 Å². The van der Waals surface area contributed by atoms with E-state index in [1.54, 1.807) is 10.8 Å². The fourth-order valence-electron chi connectivity index (χ4n) is 9.54. The number of rotatable bonds is 33. The highest BCUT2D eigenvalue weighted by Gasteiger charge is 2.36. The number of aliphatic carboxylic acids is 2. The highest BCUT2D eigenvalue weighted by Crippen LogP contribution is 2.33. The number of nitrogens with one attached hydrogen (secondary N) is 2. The lowest BCUT2D eigenvalue weighted by Gasteiger charge is -2.22. The molecule has 0 aliphatic carbocycles. The number of likely N-dealkylation sites (tertiary alicyclic amines) is 2. The Hall–Kier alpha value is -4.39. The first-order chi connectivity index (χ1) is 43.1. The summed E-state index contributed by atoms with van der Waals surface area (Å²) in [6.45, 7) is 18.1. The van der Waals surface area contributed by atoms with Crippen molar-refractivity contribution in [3.05, 3.63) is 35.9 Å². The molecule has 0 spiro atoms. The number of unbranched alkanes of at least 4 members (excludes halogenated alkanes) is 4. The van der Waals surface area contributed by atoms with Gasteiger partial charge in [0.25, 0.3) is 28.9 Å². The Kier molecular flexibility index (Phi) is 44.7. The number of hydrogen-bond acceptors (Lipinski definition) is 22. The predicted octanol–water partition coefficient (Wildman–Crippen LogP) is 10.9. The predicted molar refractivity (Wildman–Crippen MR) is 359 cm³/mol. The number of carbonyl (C=O) groups excluding carboxylic acids is 9. The first-order valence-electron chi connectivity index (χ1n) is 31.4. The number of ether oxygens (including phenoxy) is 1. The van der Waals surface area contributed by atoms with Gasteiger partial charge in [0.15, 0.2) is 0 Å². The van der Waals surface area contributed by atoms with E-state index >= 15 is 0 Å². The van der Waals surface area contributed by atoms with Crippen molar-refractivity contribution >= 4 is 130 Å². The highest BCUT2D eigenvalue weighted by molar-refractivity contribution is 8.82. The first kappa shape index (κ1) is 81.7. The van der Waals surface area contributed by atoms with Crippen molar-refractivity contribution in [3.63, 3.8) is 0 Å². The van der Waals surface area contributed by atoms with E-state index in [1.807, 2.05) is 40.1 Å². The summed E-state index contributed by atoms with van der Waals surface area (Å²) >= 11 is 0. The van der Waals surface area contributed by atoms with Crippen LogP contribution < -0.4 is 16.4 Å². The molecule has 90 heavy (non-hydrogen) atoms. The SMILES string of the molecule is CC[C@@H]1C[C@@H](C)CN1.CC[C@@H]1C[C@@H](C)CN1C(=O)OCc1ccccc1.CC[C@@H]1C[C@@H](C)CN1C(=O)SSCCCCC(=O)NCCCCCCN.O=C(CCSSCCC(=O)ON1C(=O)CCC1=O)ON1C(=O)CCC1=O.O=C(O)CCSSCCC(=O)O. The molecule has 5 aliphatic heterocycles. The zero-order chi connectivity index (χ0) is 66.6. The van der Waals surface area contributed by atoms with E-state index in [4.69, 9.17) is 30.4 Å². The van der Waals surface area contributed by atoms with E-state index in [0.29, 0.717) is 70.1 Å². The Labute approximate surface area is 556 Å². The summed E-state index contributed by atoms with van der Waals surface area (Å²) in [5, 5.41) is 24.1. The molecule has 5 fully saturated rings. The molecule has 6 N–H and O–H groups in total. The number of benzene rings is 1. The first-order valence-corrected chi connectivity index (χ1v) is 38.7. The zero-order valence-electron chi connectivity index (χ0n) is 53.4. The van der Waals surface area contributed by atoms with Crippen molar-refractivity contribution in [2.24, 2.45) is 23.5 Å². The molecule has 5 saturated heterocycles. The van der Waals surface area contributed by atoms with Gasteiger partial charge in [-0.15, -0.1) is 10.1 Å². The number of imide groups is 2. The molecule has 0 unspecified atom stereocenters. The Morgan fingerprint density at radius 1 is 0.578 bits per heavy atom. The molecule has 7 amide bonds. The van der Waals surface area contributed by atoms with Crippen molar-refractivity contribution in [1.82, 2.24) is 30.6 Å². The van der Waals surface area contributed by atoms with Crippen molar-refractivity contribution in [3.8, 4) is 0 Å². The van der Waals surface area contributed by atoms with E-state index < -0.39 is 47.5 Å². The maximum absolute atomic E-state index is 12.3. The van der Waals surface area contributed by atoms with Crippen LogP contribution in [0, 0.1) is 17.8 Å². The summed E-state index contributed by atoms with van der Waals surface area (Å²) in [6, 6.07) is 11.4. The number of hydrogen-bond donors (Lipinski definition) is 5. The molecule has 510 valence electrons. The lowest BCUT2D eigenvalue weighted by molar-refractivity contribution is -0.197. The van der Waals surface area contributed by atoms with Gasteiger partial charge in [0.2, 0.25) is 5.91 Å². The van der Waals surface area contributed by atoms with E-state index in [1.165, 1.54) is 73.4 Å². The van der Waals surface area contributed by atoms with Crippen LogP contribution in [0.25, 0.3) is 0 Å². The van der Waals surface area contributed by atoms with Crippen molar-refractivity contribution in [2.75, 3.05) is 61.5 Å². The van der Waals surface area contributed by atoms with Gasteiger partial charge in [-0.3, -0.25) is 38.4 Å². The largest absolute Gasteiger partial charge is 0.481 e. The molecule has 23 nitrogen and oxygen atoms in total. The molecule has 6 atom stereocenters. The van der Waals surface area contributed by atoms with Crippen LogP contribution in [0.5, 0.6) is 0 Å². The minimum Gasteiger partial charge on any atom is -0.481 e. The Bertz CT molecular complexity index is 2250. The summed E-state index contributed by atoms with van der Waals surface area (Å²) in [6.07, 6.45) is 14.1. The number of nitrogens with zero attached hydrogens (tertiary/aromatic N) is 4. The molecule has 5 heterocycles. The third-order valence-corrected chi connectivity index (χ3v) is 21.5. The van der Waals surface area contributed by atoms with Gasteiger partial charge in [-0.1, -0.05) is 139 Å². The smallest absolute Gasteiger partial charge is 0.410 e. The summed E-state index contributed by atoms with van der Waals surface area (Å²) in [5.41, 5.74) is 6.49. The van der Waals surface area contributed by atoms with E-state index in [-0.39, 0.29) is 68.6 Å². The molecule has 0 bridgehead atoms. The Balaban J connectivity index is 0.000000404. The van der Waals surface area contributed by atoms with Crippen LogP contribution in [0.3, 0.4) is 0 Å². The second kappa shape index (κ2) is 49.2. The fourth-order valence-corrected chi connectivity index (χ4v) is 15.5. The van der Waals surface area contributed by atoms with Crippen LogP contribution in [0.4, 0.5) is 9.59 Å². The second-order valence-corrected chi connectivity index (χ2v) is 30.1. The third-order valence-electron chi connectivity index (χ3n) is 14.4. The molecular formula is C61H99N7O16S6. The molecule has 0 saturated carbocycles. The van der Waals surface area contributed by atoms with Gasteiger partial charge >= 0.3 is 30.0 Å². The zero-order valence-corrected chi connectivity index (χ0v) is 58.3. The van der Waals surface area contributed by atoms with Crippen LogP contribution in [0.2, 0.25) is 0 Å². The molecule has 1 aromatic carbocycles. The van der Waals surface area contributed by atoms with Gasteiger partial charge in [0, 0.05) is 109 Å². The number of carboxylic acid groups (broad SMARTS) is 2. The number of hydroxylamine groups is 4. The second-order valence-electron chi connectivity index (χ2n) is 22.4. The lowest BCUT2D eigenvalue weighted by Crippen LogP contribution is -2.35. The van der Waals surface area contributed by atoms with Crippen LogP contribution >= 0.6 is 64.8 Å². The minimum absolute atomic E-state index is 0.00401. The summed E-state index contributed by atoms with van der Waals surface area (Å²) in [4.78, 5) is 138. The molecule has 6 rings (SSSR count). The van der Waals surface area contributed by atoms with Crippen LogP contribution in [-0.4, -0.2) is 174 Å². The molecule has 0 aromatic heterocycles. The van der Waals surface area contributed by atoms with E-state index in [9.17, 15) is 52.7 Å². The normalized spacial score (nSPS) is 20.0. The molecule has 5 aliphatic rings. The highest BCUT2D eigenvalue weighted by atomic mass is 33.1. The monoisotopic (exact) mass is 1380 g/mol. The minimum atomic E-state index is -0.818. The maximum Gasteiger partial charge on any atom is 0.410 e. The Morgan fingerprint density at radius 2 is 1.07 bits per heavy atom. The number of carbonyl (C=O) groups is 11. The molecule has 0 radical (unpaired) electrons. The molecule has 29 heteroatoms. The van der Waals surface area contributed by atoms with Crippen LogP contribution in [0.15, 0.2) is 30.3 Å². The maximum atomic E-state index is 12.3. The van der Waals surface area contributed by atoms with E-state index in [2.05, 4.69) is 52.2 Å². The number of nitrogens with two attached hydrogens (primary N) is 1. The van der Waals surface area contributed by atoms with Gasteiger partial charge < -0.3 is 50.8 Å². The molecule has 1 aromatic rings. The summed E-state index contributed by atoms with van der Waals surface area (Å²) < 4.78 is 5.38. The van der Waals surface area contributed by atoms with Gasteiger partial charge in [0.05, 0.1) is 25.7 Å². The summed E-state index contributed by atoms with van der Waals surface area (Å²) in [5.74, 6) is -0.169. The van der Waals surface area contributed by atoms with Crippen LogP contribution in [-0.2, 0) is 64.2 Å². The lowest BCUT2D eigenvalue weighted by atomic mass is 10.1. The topological polar surface area (TPSA) is 319 Å². The Morgan fingerprint density at radius 3 is 1.52 bits per heavy atom. The number of carboxylic acids is 2. The van der Waals surface area contributed by atoms with Gasteiger partial charge in [-0.25, -0.2) is 14.4 Å². The molecular weight excluding hydrogens is 1280 g/mol. The number of amides is 7. The van der Waals surface area contributed by atoms with Crippen molar-refractivity contribution < 1.29 is 77.4 Å². The van der Waals surface area contributed by atoms with Gasteiger partial charge in [-0.2, -0.15) is 0 Å². The average molecular weight is 1380 g/mol. The quantitative estimate of drug-likeness (QED) is 0.0248. The van der Waals surface area contributed by atoms with Crippen LogP contribution in [0.1, 0.15) is 182 Å². The standard InChI is InChI=1S/C19H37N3O2S2.C15H21NO2.C14H16N2O8S2.C7H15N.C6H10O4S2/c1-3-17-14-16(2)15-22(17)19(24)26-25-13-9-6-10-18(23)21-12-8-5-4-7-11-20;1-3-14-9-12(2)10-16(14)15(17)18-11-13-7-5-4-6-8-13;17-9-1-2-10(18)15(9)23-13(21)5-7-25-26-8-6-14(22)24-16-11(19)3-4-12(16)20;1-3-7-4-6(2)5-8-7;7-5(8)1-3-11-12-4-2-6(9)10/h16-17H,3-15,20H2,1-2H3,(H,21,23);4-8,12,14H,3,9-11H2,1-2H3;1-8H2;6-8H,3-5H2,1-2H3;1-4H2,(H,7,8)(H,9,10)/t16-,17-;12-,14-;;6-,7-;/m11.1./s1. The third kappa shape index (κ3) is 36.7. The fraction of sp³-hybridized carbons (Fsp3) is 0.721. The summed E-state index contributed by atoms with van der Waals surface area (Å²) in [7, 11) is 8.39. The van der Waals surface area contributed by atoms with Crippen molar-refractivity contribution in [1.29, 1.82) is 0 Å². The van der Waals surface area contributed by atoms with E-state index in [0.717, 1.165) is 114 Å².